The molecule has 6 nitrogen and oxygen atoms in total. The number of nitrogens with zero attached hydrogens (tertiary/aromatic N) is 1. The first-order chi connectivity index (χ1) is 15.0. The van der Waals surface area contributed by atoms with E-state index in [1.54, 1.807) is 56.3 Å². The maximum Gasteiger partial charge on any atom is 0.278 e. The number of pyridine rings is 1. The zero-order chi connectivity index (χ0) is 23.5. The molecule has 32 heavy (non-hydrogen) atoms. The molecule has 8 heteroatoms. The molecular formula is C24H24F2N2O4. The zero-order valence-electron chi connectivity index (χ0n) is 17.9. The predicted molar refractivity (Wildman–Crippen MR) is 118 cm³/mol. The topological polar surface area (TPSA) is 80.6 Å². The molecule has 0 unspecified atom stereocenters. The Kier molecular flexibility index (Phi) is 6.45. The van der Waals surface area contributed by atoms with Crippen LogP contribution in [0.1, 0.15) is 36.7 Å². The lowest BCUT2D eigenvalue weighted by Crippen LogP contribution is -2.28. The highest BCUT2D eigenvalue weighted by molar-refractivity contribution is 6.04. The minimum absolute atomic E-state index is 0.0934. The Bertz CT molecular complexity index is 1160. The third-order valence-electron chi connectivity index (χ3n) is 4.65. The first-order valence-electron chi connectivity index (χ1n) is 9.92. The van der Waals surface area contributed by atoms with Gasteiger partial charge in [-0.05, 0) is 55.8 Å². The van der Waals surface area contributed by atoms with Crippen LogP contribution in [0.15, 0.2) is 71.7 Å². The van der Waals surface area contributed by atoms with Gasteiger partial charge in [-0.25, -0.2) is 8.78 Å². The molecule has 0 aliphatic rings. The Morgan fingerprint density at radius 1 is 1.03 bits per heavy atom. The van der Waals surface area contributed by atoms with Gasteiger partial charge in [0.1, 0.15) is 11.3 Å². The van der Waals surface area contributed by atoms with Crippen molar-refractivity contribution in [1.29, 1.82) is 0 Å². The molecular weight excluding hydrogens is 418 g/mol. The largest absolute Gasteiger partial charge is 0.485 e. The second-order valence-electron chi connectivity index (χ2n) is 8.01. The van der Waals surface area contributed by atoms with Crippen LogP contribution in [-0.4, -0.2) is 28.1 Å². The number of hydrogen-bond donors (Lipinski definition) is 2. The van der Waals surface area contributed by atoms with E-state index in [-0.39, 0.29) is 17.0 Å². The molecule has 1 aromatic heterocycles. The van der Waals surface area contributed by atoms with Gasteiger partial charge in [-0.2, -0.15) is 0 Å². The van der Waals surface area contributed by atoms with Crippen molar-refractivity contribution in [3.05, 3.63) is 88.3 Å². The van der Waals surface area contributed by atoms with E-state index >= 15 is 0 Å². The average molecular weight is 442 g/mol. The molecule has 0 aliphatic heterocycles. The van der Waals surface area contributed by atoms with Gasteiger partial charge in [0, 0.05) is 18.8 Å². The molecule has 0 spiro atoms. The quantitative estimate of drug-likeness (QED) is 0.570. The van der Waals surface area contributed by atoms with Crippen molar-refractivity contribution in [3.63, 3.8) is 0 Å². The number of benzene rings is 2. The molecule has 168 valence electrons. The van der Waals surface area contributed by atoms with Crippen LogP contribution in [0.2, 0.25) is 0 Å². The van der Waals surface area contributed by atoms with E-state index in [9.17, 15) is 23.5 Å². The summed E-state index contributed by atoms with van der Waals surface area (Å²) in [6.45, 7) is 3.19. The van der Waals surface area contributed by atoms with Crippen LogP contribution < -0.4 is 15.6 Å². The number of carbonyl (C=O) groups excluding carboxylic acids is 1. The number of anilines is 1. The normalized spacial score (nSPS) is 11.8. The summed E-state index contributed by atoms with van der Waals surface area (Å²) in [6, 6.07) is 15.8. The Morgan fingerprint density at radius 3 is 2.31 bits per heavy atom. The van der Waals surface area contributed by atoms with Crippen LogP contribution in [0.25, 0.3) is 5.69 Å². The Morgan fingerprint density at radius 2 is 1.69 bits per heavy atom. The summed E-state index contributed by atoms with van der Waals surface area (Å²) in [7, 11) is 0. The van der Waals surface area contributed by atoms with Crippen LogP contribution in [-0.2, 0) is 5.60 Å². The molecule has 0 aliphatic carbocycles. The fourth-order valence-corrected chi connectivity index (χ4v) is 3.00. The molecule has 0 bridgehead atoms. The molecule has 2 aromatic carbocycles. The molecule has 2 N–H and O–H groups in total. The molecule has 0 atom stereocenters. The number of rotatable bonds is 7. The van der Waals surface area contributed by atoms with Gasteiger partial charge in [-0.1, -0.05) is 24.3 Å². The highest BCUT2D eigenvalue weighted by Crippen LogP contribution is 2.24. The minimum Gasteiger partial charge on any atom is -0.485 e. The summed E-state index contributed by atoms with van der Waals surface area (Å²) in [6.07, 6.45) is 1.43. The number of alkyl halides is 2. The number of para-hydroxylation sites is 2. The molecule has 0 saturated heterocycles. The molecule has 1 heterocycles. The minimum atomic E-state index is -3.04. The Hall–Kier alpha value is -3.52. The van der Waals surface area contributed by atoms with Crippen LogP contribution >= 0.6 is 0 Å². The number of ether oxygens (including phenoxy) is 1. The first-order valence-corrected chi connectivity index (χ1v) is 9.92. The molecule has 0 fully saturated rings. The number of aliphatic hydroxyl groups is 1. The van der Waals surface area contributed by atoms with E-state index in [1.165, 1.54) is 29.0 Å². The van der Waals surface area contributed by atoms with Gasteiger partial charge in [0.05, 0.1) is 11.3 Å². The summed E-state index contributed by atoms with van der Waals surface area (Å²) in [5.74, 6) is -3.57. The van der Waals surface area contributed by atoms with Gasteiger partial charge in [0.2, 0.25) is 0 Å². The van der Waals surface area contributed by atoms with Gasteiger partial charge < -0.3 is 15.2 Å². The van der Waals surface area contributed by atoms with Crippen molar-refractivity contribution in [2.24, 2.45) is 0 Å². The van der Waals surface area contributed by atoms with Crippen molar-refractivity contribution in [3.8, 4) is 11.4 Å². The molecule has 3 rings (SSSR count). The van der Waals surface area contributed by atoms with Crippen molar-refractivity contribution in [1.82, 2.24) is 4.57 Å². The molecule has 1 amide bonds. The van der Waals surface area contributed by atoms with E-state index in [0.717, 1.165) is 6.92 Å². The third kappa shape index (κ3) is 5.59. The van der Waals surface area contributed by atoms with Crippen molar-refractivity contribution < 1.29 is 23.4 Å². The maximum atomic E-state index is 13.2. The van der Waals surface area contributed by atoms with Gasteiger partial charge in [0.25, 0.3) is 17.4 Å². The molecule has 0 radical (unpaired) electrons. The lowest BCUT2D eigenvalue weighted by molar-refractivity contribution is -0.0229. The van der Waals surface area contributed by atoms with Crippen LogP contribution in [0, 0.1) is 0 Å². The summed E-state index contributed by atoms with van der Waals surface area (Å²) in [5, 5.41) is 12.7. The Balaban J connectivity index is 1.88. The van der Waals surface area contributed by atoms with Gasteiger partial charge in [-0.3, -0.25) is 14.2 Å². The second kappa shape index (κ2) is 8.92. The SMILES string of the molecule is CC(F)(F)COc1ccccc1-n1cccc(C(=O)Nc2ccc(C(C)(C)O)cc2)c1=O. The Labute approximate surface area is 184 Å². The summed E-state index contributed by atoms with van der Waals surface area (Å²) in [5.41, 5.74) is -0.413. The van der Waals surface area contributed by atoms with Crippen LogP contribution in [0.3, 0.4) is 0 Å². The lowest BCUT2D eigenvalue weighted by Gasteiger charge is -2.18. The summed E-state index contributed by atoms with van der Waals surface area (Å²) < 4.78 is 32.8. The van der Waals surface area contributed by atoms with Crippen molar-refractivity contribution in [2.45, 2.75) is 32.3 Å². The zero-order valence-corrected chi connectivity index (χ0v) is 17.9. The van der Waals surface area contributed by atoms with Crippen LogP contribution in [0.5, 0.6) is 5.75 Å². The predicted octanol–water partition coefficient (Wildman–Crippen LogP) is 4.35. The standard InChI is InChI=1S/C24H24F2N2O4/c1-23(2,31)16-10-12-17(13-11-16)27-21(29)18-7-6-14-28(22(18)30)19-8-4-5-9-20(19)32-15-24(3,25)26/h4-14,31H,15H2,1-3H3,(H,27,29). The highest BCUT2D eigenvalue weighted by atomic mass is 19.3. The lowest BCUT2D eigenvalue weighted by atomic mass is 9.98. The second-order valence-corrected chi connectivity index (χ2v) is 8.01. The fourth-order valence-electron chi connectivity index (χ4n) is 3.00. The van der Waals surface area contributed by atoms with Crippen LogP contribution in [0.4, 0.5) is 14.5 Å². The van der Waals surface area contributed by atoms with Crippen molar-refractivity contribution >= 4 is 11.6 Å². The van der Waals surface area contributed by atoms with Gasteiger partial charge >= 0.3 is 0 Å². The third-order valence-corrected chi connectivity index (χ3v) is 4.65. The summed E-state index contributed by atoms with van der Waals surface area (Å²) >= 11 is 0. The first kappa shape index (κ1) is 23.1. The maximum absolute atomic E-state index is 13.2. The number of hydrogen-bond acceptors (Lipinski definition) is 4. The van der Waals surface area contributed by atoms with E-state index < -0.39 is 29.6 Å². The van der Waals surface area contributed by atoms with E-state index in [1.807, 2.05) is 0 Å². The average Bonchev–Trinajstić information content (AvgIpc) is 2.72. The van der Waals surface area contributed by atoms with E-state index in [4.69, 9.17) is 4.74 Å². The number of carbonyl (C=O) groups is 1. The summed E-state index contributed by atoms with van der Waals surface area (Å²) in [4.78, 5) is 25.7. The number of amides is 1. The highest BCUT2D eigenvalue weighted by Gasteiger charge is 2.23. The molecule has 0 saturated carbocycles. The monoisotopic (exact) mass is 442 g/mol. The number of nitrogens with one attached hydrogen (secondary N) is 1. The van der Waals surface area contributed by atoms with Crippen molar-refractivity contribution in [2.75, 3.05) is 11.9 Å². The van der Waals surface area contributed by atoms with Gasteiger partial charge in [-0.15, -0.1) is 0 Å². The fraction of sp³-hybridized carbons (Fsp3) is 0.250. The van der Waals surface area contributed by atoms with E-state index in [0.29, 0.717) is 11.3 Å². The smallest absolute Gasteiger partial charge is 0.278 e. The number of halogens is 2. The van der Waals surface area contributed by atoms with Gasteiger partial charge in [0.15, 0.2) is 6.61 Å². The number of aromatic nitrogens is 1. The van der Waals surface area contributed by atoms with E-state index in [2.05, 4.69) is 5.32 Å². The molecule has 3 aromatic rings.